The van der Waals surface area contributed by atoms with Crippen LogP contribution in [0.1, 0.15) is 16.2 Å². The molecule has 1 aromatic heterocycles. The topological polar surface area (TPSA) is 86.5 Å². The number of carbonyl (C=O) groups is 1. The van der Waals surface area contributed by atoms with Crippen LogP contribution in [0.25, 0.3) is 0 Å². The minimum absolute atomic E-state index is 0.178. The maximum absolute atomic E-state index is 11.8. The number of carboxylic acids is 1. The van der Waals surface area contributed by atoms with Gasteiger partial charge in [0.1, 0.15) is 0 Å². The molecule has 0 amide bonds. The third kappa shape index (κ3) is 4.83. The first kappa shape index (κ1) is 15.4. The lowest BCUT2D eigenvalue weighted by molar-refractivity contribution is -0.325. The lowest BCUT2D eigenvalue weighted by Crippen LogP contribution is -2.19. The van der Waals surface area contributed by atoms with E-state index >= 15 is 0 Å². The van der Waals surface area contributed by atoms with Gasteiger partial charge in [-0.25, -0.2) is 9.48 Å². The summed E-state index contributed by atoms with van der Waals surface area (Å²) >= 11 is 0. The Bertz CT molecular complexity index is 433. The molecule has 0 fully saturated rings. The van der Waals surface area contributed by atoms with Gasteiger partial charge >= 0.3 is 12.3 Å². The van der Waals surface area contributed by atoms with Crippen LogP contribution in [0.15, 0.2) is 0 Å². The van der Waals surface area contributed by atoms with Crippen molar-refractivity contribution in [1.29, 1.82) is 0 Å². The summed E-state index contributed by atoms with van der Waals surface area (Å²) in [4.78, 5) is 10.9. The van der Waals surface area contributed by atoms with Gasteiger partial charge in [0.2, 0.25) is 0 Å². The number of alkyl halides is 3. The van der Waals surface area contributed by atoms with Gasteiger partial charge < -0.3 is 9.84 Å². The number of ether oxygens (including phenoxy) is 2. The molecule has 0 saturated heterocycles. The average molecular weight is 283 g/mol. The number of rotatable bonds is 7. The highest BCUT2D eigenvalue weighted by molar-refractivity contribution is 5.86. The second-order valence-corrected chi connectivity index (χ2v) is 3.45. The quantitative estimate of drug-likeness (QED) is 0.792. The number of hydrogen-bond donors (Lipinski definition) is 1. The van der Waals surface area contributed by atoms with Crippen LogP contribution in [0.3, 0.4) is 0 Å². The van der Waals surface area contributed by atoms with E-state index in [2.05, 4.69) is 15.0 Å². The number of halogens is 3. The van der Waals surface area contributed by atoms with Crippen LogP contribution in [-0.4, -0.2) is 52.8 Å². The summed E-state index contributed by atoms with van der Waals surface area (Å²) < 4.78 is 44.9. The predicted molar refractivity (Wildman–Crippen MR) is 54.6 cm³/mol. The fourth-order valence-electron chi connectivity index (χ4n) is 1.37. The van der Waals surface area contributed by atoms with Crippen molar-refractivity contribution in [3.05, 3.63) is 11.4 Å². The molecular formula is C9H12F3N3O4. The molecule has 0 spiro atoms. The van der Waals surface area contributed by atoms with Crippen molar-refractivity contribution >= 4 is 5.97 Å². The van der Waals surface area contributed by atoms with Crippen molar-refractivity contribution in [2.75, 3.05) is 20.3 Å². The summed E-state index contributed by atoms with van der Waals surface area (Å²) in [6, 6.07) is 0. The summed E-state index contributed by atoms with van der Waals surface area (Å²) in [6.07, 6.45) is -4.56. The minimum atomic E-state index is -4.73. The van der Waals surface area contributed by atoms with Crippen LogP contribution in [0, 0.1) is 0 Å². The molecule has 0 aliphatic rings. The number of methoxy groups -OCH3 is 1. The highest BCUT2D eigenvalue weighted by Gasteiger charge is 2.29. The zero-order valence-corrected chi connectivity index (χ0v) is 9.98. The average Bonchev–Trinajstić information content (AvgIpc) is 2.68. The van der Waals surface area contributed by atoms with Crippen molar-refractivity contribution < 1.29 is 32.5 Å². The van der Waals surface area contributed by atoms with Gasteiger partial charge in [0, 0.05) is 13.5 Å². The molecule has 0 atom stereocenters. The second-order valence-electron chi connectivity index (χ2n) is 3.45. The second kappa shape index (κ2) is 6.48. The van der Waals surface area contributed by atoms with E-state index in [9.17, 15) is 18.0 Å². The van der Waals surface area contributed by atoms with E-state index in [0.29, 0.717) is 0 Å². The summed E-state index contributed by atoms with van der Waals surface area (Å²) in [5, 5.41) is 15.8. The largest absolute Gasteiger partial charge is 0.522 e. The Kier molecular flexibility index (Phi) is 5.24. The first-order chi connectivity index (χ1) is 8.85. The van der Waals surface area contributed by atoms with Crippen molar-refractivity contribution in [2.24, 2.45) is 0 Å². The van der Waals surface area contributed by atoms with Gasteiger partial charge in [0.25, 0.3) is 0 Å². The van der Waals surface area contributed by atoms with E-state index in [1.807, 2.05) is 0 Å². The Labute approximate surface area is 105 Å². The minimum Gasteiger partial charge on any atom is -0.476 e. The van der Waals surface area contributed by atoms with Gasteiger partial charge in [-0.1, -0.05) is 5.21 Å². The molecule has 1 rings (SSSR count). The molecule has 0 unspecified atom stereocenters. The van der Waals surface area contributed by atoms with Crippen LogP contribution < -0.4 is 0 Å². The van der Waals surface area contributed by atoms with E-state index in [1.54, 1.807) is 0 Å². The zero-order valence-electron chi connectivity index (χ0n) is 9.98. The molecular weight excluding hydrogens is 271 g/mol. The highest BCUT2D eigenvalue weighted by Crippen LogP contribution is 2.16. The van der Waals surface area contributed by atoms with E-state index < -0.39 is 18.9 Å². The van der Waals surface area contributed by atoms with Gasteiger partial charge in [-0.3, -0.25) is 4.74 Å². The van der Waals surface area contributed by atoms with Crippen LogP contribution in [-0.2, 0) is 22.4 Å². The van der Waals surface area contributed by atoms with Crippen molar-refractivity contribution in [2.45, 2.75) is 19.3 Å². The van der Waals surface area contributed by atoms with Crippen molar-refractivity contribution in [3.63, 3.8) is 0 Å². The number of nitrogens with zero attached hydrogens (tertiary/aromatic N) is 3. The molecule has 1 aromatic rings. The lowest BCUT2D eigenvalue weighted by Gasteiger charge is -2.09. The smallest absolute Gasteiger partial charge is 0.476 e. The normalized spacial score (nSPS) is 11.8. The van der Waals surface area contributed by atoms with Crippen LogP contribution in [0.2, 0.25) is 0 Å². The summed E-state index contributed by atoms with van der Waals surface area (Å²) in [6.45, 7) is -0.724. The number of hydrogen-bond acceptors (Lipinski definition) is 5. The van der Waals surface area contributed by atoms with Crippen LogP contribution in [0.5, 0.6) is 0 Å². The SMILES string of the molecule is COCCc1c(C(=O)O)nnn1CCOC(F)(F)F. The molecule has 10 heteroatoms. The standard InChI is InChI=1S/C9H12F3N3O4/c1-18-4-2-6-7(8(16)17)13-14-15(6)3-5-19-9(10,11)12/h2-5H2,1H3,(H,16,17). The molecule has 0 bridgehead atoms. The molecule has 0 aliphatic carbocycles. The molecule has 0 radical (unpaired) electrons. The summed E-state index contributed by atoms with van der Waals surface area (Å²) in [5.74, 6) is -1.30. The predicted octanol–water partition coefficient (Wildman–Crippen LogP) is 0.702. The third-order valence-corrected chi connectivity index (χ3v) is 2.15. The van der Waals surface area contributed by atoms with Gasteiger partial charge in [-0.2, -0.15) is 0 Å². The van der Waals surface area contributed by atoms with Crippen LogP contribution in [0.4, 0.5) is 13.2 Å². The first-order valence-corrected chi connectivity index (χ1v) is 5.20. The van der Waals surface area contributed by atoms with E-state index in [0.717, 1.165) is 4.68 Å². The van der Waals surface area contributed by atoms with Crippen molar-refractivity contribution in [3.8, 4) is 0 Å². The zero-order chi connectivity index (χ0) is 14.5. The fourth-order valence-corrected chi connectivity index (χ4v) is 1.37. The molecule has 1 heterocycles. The first-order valence-electron chi connectivity index (χ1n) is 5.20. The third-order valence-electron chi connectivity index (χ3n) is 2.15. The van der Waals surface area contributed by atoms with Gasteiger partial charge in [0.05, 0.1) is 25.5 Å². The summed E-state index contributed by atoms with van der Waals surface area (Å²) in [5.41, 5.74) is -0.107. The molecule has 1 N–H and O–H groups in total. The molecule has 7 nitrogen and oxygen atoms in total. The number of aromatic carboxylic acids is 1. The molecule has 0 aliphatic heterocycles. The number of aromatic nitrogens is 3. The fraction of sp³-hybridized carbons (Fsp3) is 0.667. The van der Waals surface area contributed by atoms with Gasteiger partial charge in [0.15, 0.2) is 5.69 Å². The number of carboxylic acid groups (broad SMARTS) is 1. The molecule has 0 saturated carbocycles. The monoisotopic (exact) mass is 283 g/mol. The maximum atomic E-state index is 11.8. The lowest BCUT2D eigenvalue weighted by atomic mass is 10.2. The Morgan fingerprint density at radius 2 is 2.11 bits per heavy atom. The Morgan fingerprint density at radius 3 is 2.63 bits per heavy atom. The van der Waals surface area contributed by atoms with E-state index in [4.69, 9.17) is 9.84 Å². The Hall–Kier alpha value is -1.68. The Morgan fingerprint density at radius 1 is 1.42 bits per heavy atom. The van der Waals surface area contributed by atoms with Gasteiger partial charge in [-0.05, 0) is 0 Å². The molecule has 19 heavy (non-hydrogen) atoms. The van der Waals surface area contributed by atoms with Gasteiger partial charge in [-0.15, -0.1) is 18.3 Å². The van der Waals surface area contributed by atoms with Crippen LogP contribution >= 0.6 is 0 Å². The van der Waals surface area contributed by atoms with E-state index in [1.165, 1.54) is 7.11 Å². The maximum Gasteiger partial charge on any atom is 0.522 e. The van der Waals surface area contributed by atoms with E-state index in [-0.39, 0.29) is 31.0 Å². The molecule has 0 aromatic carbocycles. The summed E-state index contributed by atoms with van der Waals surface area (Å²) in [7, 11) is 1.42. The van der Waals surface area contributed by atoms with Crippen molar-refractivity contribution in [1.82, 2.24) is 15.0 Å². The highest BCUT2D eigenvalue weighted by atomic mass is 19.4. The molecule has 108 valence electrons. The Balaban J connectivity index is 2.73.